The fourth-order valence-electron chi connectivity index (χ4n) is 0.923. The molecule has 0 radical (unpaired) electrons. The molecule has 0 amide bonds. The van der Waals surface area contributed by atoms with Crippen LogP contribution < -0.4 is 0 Å². The lowest BCUT2D eigenvalue weighted by Crippen LogP contribution is -2.30. The van der Waals surface area contributed by atoms with Gasteiger partial charge in [0, 0.05) is 0 Å². The zero-order chi connectivity index (χ0) is 10.5. The van der Waals surface area contributed by atoms with Gasteiger partial charge in [0.2, 0.25) is 0 Å². The summed E-state index contributed by atoms with van der Waals surface area (Å²) < 4.78 is 0. The Labute approximate surface area is 90.1 Å². The molecule has 0 saturated carbocycles. The average molecular weight is 223 g/mol. The fraction of sp³-hybridized carbons (Fsp3) is 0.700. The van der Waals surface area contributed by atoms with Gasteiger partial charge in [0.1, 0.15) is 11.7 Å². The Morgan fingerprint density at radius 2 is 2.08 bits per heavy atom. The van der Waals surface area contributed by atoms with E-state index in [1.54, 1.807) is 6.92 Å². The highest BCUT2D eigenvalue weighted by Gasteiger charge is 2.29. The molecule has 0 spiro atoms. The van der Waals surface area contributed by atoms with Gasteiger partial charge in [-0.3, -0.25) is 0 Å². The number of alkyl halides is 2. The first-order valence-electron chi connectivity index (χ1n) is 4.32. The van der Waals surface area contributed by atoms with Crippen LogP contribution in [0.15, 0.2) is 11.6 Å². The normalized spacial score (nSPS) is 17.3. The SMILES string of the molecule is CC(C)=CCC[C@@](C)(Cl)[C@@H](Cl)C=O. The lowest BCUT2D eigenvalue weighted by molar-refractivity contribution is -0.108. The van der Waals surface area contributed by atoms with Crippen molar-refractivity contribution >= 4 is 29.5 Å². The highest BCUT2D eigenvalue weighted by Crippen LogP contribution is 2.28. The summed E-state index contributed by atoms with van der Waals surface area (Å²) in [6, 6.07) is 0. The van der Waals surface area contributed by atoms with Crippen LogP contribution in [0.1, 0.15) is 33.6 Å². The van der Waals surface area contributed by atoms with Gasteiger partial charge in [-0.25, -0.2) is 0 Å². The molecule has 0 unspecified atom stereocenters. The van der Waals surface area contributed by atoms with Crippen molar-refractivity contribution in [1.82, 2.24) is 0 Å². The molecule has 13 heavy (non-hydrogen) atoms. The maximum absolute atomic E-state index is 10.4. The van der Waals surface area contributed by atoms with Gasteiger partial charge in [0.25, 0.3) is 0 Å². The zero-order valence-electron chi connectivity index (χ0n) is 8.31. The Balaban J connectivity index is 4.03. The van der Waals surface area contributed by atoms with Crippen LogP contribution in [0.25, 0.3) is 0 Å². The monoisotopic (exact) mass is 222 g/mol. The Morgan fingerprint density at radius 3 is 2.46 bits per heavy atom. The third-order valence-corrected chi connectivity index (χ3v) is 3.00. The molecule has 0 aliphatic heterocycles. The number of aldehydes is 1. The maximum Gasteiger partial charge on any atom is 0.139 e. The van der Waals surface area contributed by atoms with E-state index in [1.165, 1.54) is 5.57 Å². The summed E-state index contributed by atoms with van der Waals surface area (Å²) in [5.74, 6) is 0. The van der Waals surface area contributed by atoms with Crippen LogP contribution in [-0.2, 0) is 4.79 Å². The summed E-state index contributed by atoms with van der Waals surface area (Å²) in [6.45, 7) is 5.85. The first kappa shape index (κ1) is 13.0. The zero-order valence-corrected chi connectivity index (χ0v) is 9.82. The molecule has 0 bridgehead atoms. The molecule has 0 aliphatic rings. The molecule has 0 saturated heterocycles. The van der Waals surface area contributed by atoms with E-state index in [0.29, 0.717) is 12.7 Å². The largest absolute Gasteiger partial charge is 0.302 e. The van der Waals surface area contributed by atoms with Crippen molar-refractivity contribution in [3.8, 4) is 0 Å². The van der Waals surface area contributed by atoms with Crippen LogP contribution >= 0.6 is 23.2 Å². The first-order chi connectivity index (χ1) is 5.90. The number of hydrogen-bond acceptors (Lipinski definition) is 1. The molecule has 76 valence electrons. The second kappa shape index (κ2) is 5.66. The van der Waals surface area contributed by atoms with E-state index < -0.39 is 10.3 Å². The second-order valence-electron chi connectivity index (χ2n) is 3.64. The van der Waals surface area contributed by atoms with E-state index in [4.69, 9.17) is 23.2 Å². The van der Waals surface area contributed by atoms with Crippen molar-refractivity contribution in [2.45, 2.75) is 43.9 Å². The topological polar surface area (TPSA) is 17.1 Å². The molecule has 0 aliphatic carbocycles. The predicted octanol–water partition coefficient (Wildman–Crippen LogP) is 3.54. The Bertz CT molecular complexity index is 193. The van der Waals surface area contributed by atoms with Gasteiger partial charge in [-0.2, -0.15) is 0 Å². The first-order valence-corrected chi connectivity index (χ1v) is 5.13. The average Bonchev–Trinajstić information content (AvgIpc) is 2.01. The molecule has 0 N–H and O–H groups in total. The predicted molar refractivity (Wildman–Crippen MR) is 58.6 cm³/mol. The highest BCUT2D eigenvalue weighted by molar-refractivity contribution is 6.37. The highest BCUT2D eigenvalue weighted by atomic mass is 35.5. The number of halogens is 2. The minimum absolute atomic E-state index is 0.611. The number of carbonyl (C=O) groups is 1. The lowest BCUT2D eigenvalue weighted by atomic mass is 10.0. The number of hydrogen-bond donors (Lipinski definition) is 0. The summed E-state index contributed by atoms with van der Waals surface area (Å²) in [5, 5.41) is -0.611. The molecule has 2 atom stereocenters. The smallest absolute Gasteiger partial charge is 0.139 e. The van der Waals surface area contributed by atoms with E-state index in [0.717, 1.165) is 6.42 Å². The van der Waals surface area contributed by atoms with E-state index in [2.05, 4.69) is 6.08 Å². The summed E-state index contributed by atoms with van der Waals surface area (Å²) in [4.78, 5) is 9.79. The number of rotatable bonds is 5. The van der Waals surface area contributed by atoms with Gasteiger partial charge in [-0.15, -0.1) is 23.2 Å². The van der Waals surface area contributed by atoms with Crippen LogP contribution in [0.4, 0.5) is 0 Å². The van der Waals surface area contributed by atoms with E-state index >= 15 is 0 Å². The Kier molecular flexibility index (Phi) is 5.66. The van der Waals surface area contributed by atoms with Gasteiger partial charge in [-0.05, 0) is 33.6 Å². The maximum atomic E-state index is 10.4. The van der Waals surface area contributed by atoms with Gasteiger partial charge in [-0.1, -0.05) is 11.6 Å². The van der Waals surface area contributed by atoms with E-state index in [1.807, 2.05) is 13.8 Å². The van der Waals surface area contributed by atoms with Gasteiger partial charge < -0.3 is 4.79 Å². The molecule has 0 fully saturated rings. The van der Waals surface area contributed by atoms with Crippen molar-refractivity contribution in [2.24, 2.45) is 0 Å². The minimum atomic E-state index is -0.630. The second-order valence-corrected chi connectivity index (χ2v) is 4.97. The van der Waals surface area contributed by atoms with Crippen LogP contribution in [0, 0.1) is 0 Å². The van der Waals surface area contributed by atoms with E-state index in [9.17, 15) is 4.79 Å². The number of carbonyl (C=O) groups excluding carboxylic acids is 1. The van der Waals surface area contributed by atoms with Crippen molar-refractivity contribution in [1.29, 1.82) is 0 Å². The molecular formula is C10H16Cl2O. The molecule has 0 aromatic heterocycles. The molecular weight excluding hydrogens is 207 g/mol. The number of allylic oxidation sites excluding steroid dienone is 2. The molecule has 1 nitrogen and oxygen atoms in total. The van der Waals surface area contributed by atoms with Crippen LogP contribution in [0.5, 0.6) is 0 Å². The summed E-state index contributed by atoms with van der Waals surface area (Å²) in [6.07, 6.45) is 4.36. The van der Waals surface area contributed by atoms with E-state index in [-0.39, 0.29) is 0 Å². The standard InChI is InChI=1S/C10H16Cl2O/c1-8(2)5-4-6-10(3,12)9(11)7-13/h5,7,9H,4,6H2,1-3H3/t9-,10+/m0/s1. The summed E-state index contributed by atoms with van der Waals surface area (Å²) in [7, 11) is 0. The van der Waals surface area contributed by atoms with Crippen molar-refractivity contribution in [3.63, 3.8) is 0 Å². The third-order valence-electron chi connectivity index (χ3n) is 1.88. The van der Waals surface area contributed by atoms with Crippen LogP contribution in [0.3, 0.4) is 0 Å². The minimum Gasteiger partial charge on any atom is -0.302 e. The van der Waals surface area contributed by atoms with Crippen LogP contribution in [0.2, 0.25) is 0 Å². The fourth-order valence-corrected chi connectivity index (χ4v) is 1.19. The van der Waals surface area contributed by atoms with Gasteiger partial charge in [0.05, 0.1) is 4.87 Å². The van der Waals surface area contributed by atoms with Crippen molar-refractivity contribution in [3.05, 3.63) is 11.6 Å². The lowest BCUT2D eigenvalue weighted by Gasteiger charge is -2.22. The molecule has 0 aromatic rings. The summed E-state index contributed by atoms with van der Waals surface area (Å²) in [5.41, 5.74) is 1.25. The van der Waals surface area contributed by atoms with Gasteiger partial charge in [0.15, 0.2) is 0 Å². The quantitative estimate of drug-likeness (QED) is 0.396. The summed E-state index contributed by atoms with van der Waals surface area (Å²) >= 11 is 11.8. The van der Waals surface area contributed by atoms with Crippen LogP contribution in [-0.4, -0.2) is 16.5 Å². The van der Waals surface area contributed by atoms with Crippen molar-refractivity contribution in [2.75, 3.05) is 0 Å². The molecule has 0 aromatic carbocycles. The third kappa shape index (κ3) is 5.33. The molecule has 0 rings (SSSR count). The van der Waals surface area contributed by atoms with Gasteiger partial charge >= 0.3 is 0 Å². The Hall–Kier alpha value is -0.0100. The Morgan fingerprint density at radius 1 is 1.54 bits per heavy atom. The molecule has 3 heteroatoms. The van der Waals surface area contributed by atoms with Crippen molar-refractivity contribution < 1.29 is 4.79 Å². The molecule has 0 heterocycles.